The van der Waals surface area contributed by atoms with Gasteiger partial charge >= 0.3 is 0 Å². The molecule has 0 aliphatic carbocycles. The highest BCUT2D eigenvalue weighted by molar-refractivity contribution is 7.89. The second-order valence-electron chi connectivity index (χ2n) is 5.97. The van der Waals surface area contributed by atoms with Gasteiger partial charge < -0.3 is 9.47 Å². The van der Waals surface area contributed by atoms with Gasteiger partial charge in [-0.05, 0) is 60.4 Å². The van der Waals surface area contributed by atoms with E-state index in [1.165, 1.54) is 22.5 Å². The molecule has 0 fully saturated rings. The lowest BCUT2D eigenvalue weighted by Crippen LogP contribution is -2.36. The molecule has 5 nitrogen and oxygen atoms in total. The molecule has 0 bridgehead atoms. The van der Waals surface area contributed by atoms with Gasteiger partial charge in [-0.15, -0.1) is 0 Å². The third-order valence-electron chi connectivity index (χ3n) is 4.43. The van der Waals surface area contributed by atoms with Gasteiger partial charge in [0.1, 0.15) is 5.82 Å². The van der Waals surface area contributed by atoms with Crippen molar-refractivity contribution in [3.63, 3.8) is 0 Å². The average molecular weight is 349 g/mol. The number of halogens is 1. The minimum Gasteiger partial charge on any atom is -0.454 e. The van der Waals surface area contributed by atoms with Crippen LogP contribution < -0.4 is 9.47 Å². The molecule has 24 heavy (non-hydrogen) atoms. The number of hydrogen-bond donors (Lipinski definition) is 0. The summed E-state index contributed by atoms with van der Waals surface area (Å²) in [6.45, 7) is 2.44. The van der Waals surface area contributed by atoms with Gasteiger partial charge in [0.25, 0.3) is 0 Å². The van der Waals surface area contributed by atoms with Crippen LogP contribution in [0.1, 0.15) is 16.7 Å². The van der Waals surface area contributed by atoms with Crippen molar-refractivity contribution >= 4 is 10.0 Å². The van der Waals surface area contributed by atoms with Crippen LogP contribution in [-0.2, 0) is 23.0 Å². The van der Waals surface area contributed by atoms with Crippen molar-refractivity contribution < 1.29 is 22.3 Å². The summed E-state index contributed by atoms with van der Waals surface area (Å²) in [7, 11) is -3.67. The summed E-state index contributed by atoms with van der Waals surface area (Å²) < 4.78 is 51.3. The maximum absolute atomic E-state index is 13.3. The Hall–Kier alpha value is -2.12. The standard InChI is InChI=1S/C17H16FNO4S/c1-11-6-14(18)2-3-17(11)24(20,21)19-5-4-12-7-15-16(23-10-22-15)8-13(12)9-19/h2-3,6-8H,4-5,9-10H2,1H3. The number of nitrogens with zero attached hydrogens (tertiary/aromatic N) is 1. The van der Waals surface area contributed by atoms with Crippen LogP contribution in [0.25, 0.3) is 0 Å². The Labute approximate surface area is 139 Å². The fraction of sp³-hybridized carbons (Fsp3) is 0.294. The molecule has 0 aromatic heterocycles. The summed E-state index contributed by atoms with van der Waals surface area (Å²) in [5, 5.41) is 0. The normalized spacial score (nSPS) is 16.9. The SMILES string of the molecule is Cc1cc(F)ccc1S(=O)(=O)N1CCc2cc3c(cc2C1)OCO3. The zero-order chi connectivity index (χ0) is 16.9. The predicted octanol–water partition coefficient (Wildman–Crippen LogP) is 2.61. The van der Waals surface area contributed by atoms with Crippen molar-refractivity contribution in [2.75, 3.05) is 13.3 Å². The van der Waals surface area contributed by atoms with Gasteiger partial charge in [0.05, 0.1) is 4.90 Å². The number of benzene rings is 2. The summed E-state index contributed by atoms with van der Waals surface area (Å²) in [6.07, 6.45) is 0.603. The fourth-order valence-corrected chi connectivity index (χ4v) is 4.79. The van der Waals surface area contributed by atoms with Crippen molar-refractivity contribution in [3.8, 4) is 11.5 Å². The Kier molecular flexibility index (Phi) is 3.51. The van der Waals surface area contributed by atoms with Crippen LogP contribution in [0.15, 0.2) is 35.2 Å². The first kappa shape index (κ1) is 15.4. The first-order valence-corrected chi connectivity index (χ1v) is 9.07. The second kappa shape index (κ2) is 5.46. The van der Waals surface area contributed by atoms with Crippen LogP contribution >= 0.6 is 0 Å². The van der Waals surface area contributed by atoms with Gasteiger partial charge in [-0.3, -0.25) is 0 Å². The van der Waals surface area contributed by atoms with E-state index < -0.39 is 15.8 Å². The highest BCUT2D eigenvalue weighted by Crippen LogP contribution is 2.37. The second-order valence-corrected chi connectivity index (χ2v) is 7.88. The largest absolute Gasteiger partial charge is 0.454 e. The number of ether oxygens (including phenoxy) is 2. The molecule has 2 heterocycles. The van der Waals surface area contributed by atoms with E-state index in [9.17, 15) is 12.8 Å². The van der Waals surface area contributed by atoms with E-state index in [0.717, 1.165) is 11.1 Å². The van der Waals surface area contributed by atoms with Gasteiger partial charge in [-0.25, -0.2) is 12.8 Å². The Bertz CT molecular complexity index is 926. The van der Waals surface area contributed by atoms with Gasteiger partial charge in [0.2, 0.25) is 16.8 Å². The molecule has 0 radical (unpaired) electrons. The summed E-state index contributed by atoms with van der Waals surface area (Å²) in [4.78, 5) is 0.146. The lowest BCUT2D eigenvalue weighted by molar-refractivity contribution is 0.174. The van der Waals surface area contributed by atoms with Gasteiger partial charge in [0, 0.05) is 13.1 Å². The van der Waals surface area contributed by atoms with E-state index in [-0.39, 0.29) is 18.2 Å². The number of hydrogen-bond acceptors (Lipinski definition) is 4. The highest BCUT2D eigenvalue weighted by Gasteiger charge is 2.31. The molecule has 0 N–H and O–H groups in total. The molecular formula is C17H16FNO4S. The van der Waals surface area contributed by atoms with Gasteiger partial charge in [0.15, 0.2) is 11.5 Å². The number of fused-ring (bicyclic) bond motifs is 2. The van der Waals surface area contributed by atoms with Crippen molar-refractivity contribution in [3.05, 3.63) is 52.8 Å². The molecule has 4 rings (SSSR count). The first-order chi connectivity index (χ1) is 11.4. The van der Waals surface area contributed by atoms with Crippen LogP contribution in [0.3, 0.4) is 0 Å². The topological polar surface area (TPSA) is 55.8 Å². The summed E-state index contributed by atoms with van der Waals surface area (Å²) in [6, 6.07) is 7.51. The monoisotopic (exact) mass is 349 g/mol. The molecule has 0 unspecified atom stereocenters. The molecule has 0 atom stereocenters. The summed E-state index contributed by atoms with van der Waals surface area (Å²) >= 11 is 0. The van der Waals surface area contributed by atoms with E-state index in [0.29, 0.717) is 30.0 Å². The number of rotatable bonds is 2. The van der Waals surface area contributed by atoms with E-state index in [1.54, 1.807) is 6.92 Å². The highest BCUT2D eigenvalue weighted by atomic mass is 32.2. The van der Waals surface area contributed by atoms with Crippen LogP contribution in [0, 0.1) is 12.7 Å². The zero-order valence-corrected chi connectivity index (χ0v) is 13.9. The van der Waals surface area contributed by atoms with Crippen LogP contribution in [0.4, 0.5) is 4.39 Å². The minimum absolute atomic E-state index is 0.146. The van der Waals surface area contributed by atoms with Crippen molar-refractivity contribution in [2.45, 2.75) is 24.8 Å². The Balaban J connectivity index is 1.68. The van der Waals surface area contributed by atoms with E-state index >= 15 is 0 Å². The molecule has 2 aliphatic heterocycles. The lowest BCUT2D eigenvalue weighted by atomic mass is 10.0. The van der Waals surface area contributed by atoms with E-state index in [1.807, 2.05) is 12.1 Å². The van der Waals surface area contributed by atoms with Crippen LogP contribution in [0.2, 0.25) is 0 Å². The first-order valence-electron chi connectivity index (χ1n) is 7.63. The summed E-state index contributed by atoms with van der Waals surface area (Å²) in [5.74, 6) is 0.911. The molecule has 0 spiro atoms. The Morgan fingerprint density at radius 3 is 2.50 bits per heavy atom. The van der Waals surface area contributed by atoms with E-state index in [2.05, 4.69) is 0 Å². The third-order valence-corrected chi connectivity index (χ3v) is 6.43. The molecular weight excluding hydrogens is 333 g/mol. The van der Waals surface area contributed by atoms with E-state index in [4.69, 9.17) is 9.47 Å². The molecule has 0 saturated carbocycles. The number of sulfonamides is 1. The number of aryl methyl sites for hydroxylation is 1. The van der Waals surface area contributed by atoms with Crippen molar-refractivity contribution in [1.29, 1.82) is 0 Å². The zero-order valence-electron chi connectivity index (χ0n) is 13.1. The molecule has 0 saturated heterocycles. The van der Waals surface area contributed by atoms with Crippen LogP contribution in [-0.4, -0.2) is 26.1 Å². The smallest absolute Gasteiger partial charge is 0.243 e. The van der Waals surface area contributed by atoms with Crippen molar-refractivity contribution in [2.24, 2.45) is 0 Å². The Morgan fingerprint density at radius 2 is 1.79 bits per heavy atom. The molecule has 2 aromatic rings. The van der Waals surface area contributed by atoms with Gasteiger partial charge in [-0.1, -0.05) is 0 Å². The fourth-order valence-electron chi connectivity index (χ4n) is 3.17. The maximum Gasteiger partial charge on any atom is 0.243 e. The van der Waals surface area contributed by atoms with Crippen molar-refractivity contribution in [1.82, 2.24) is 4.31 Å². The maximum atomic E-state index is 13.3. The van der Waals surface area contributed by atoms with Crippen LogP contribution in [0.5, 0.6) is 11.5 Å². The molecule has 2 aromatic carbocycles. The molecule has 7 heteroatoms. The minimum atomic E-state index is -3.67. The Morgan fingerprint density at radius 1 is 1.08 bits per heavy atom. The predicted molar refractivity (Wildman–Crippen MR) is 85.0 cm³/mol. The summed E-state index contributed by atoms with van der Waals surface area (Å²) in [5.41, 5.74) is 2.39. The molecule has 0 amide bonds. The average Bonchev–Trinajstić information content (AvgIpc) is 2.98. The quantitative estimate of drug-likeness (QED) is 0.836. The van der Waals surface area contributed by atoms with Gasteiger partial charge in [-0.2, -0.15) is 4.31 Å². The lowest BCUT2D eigenvalue weighted by Gasteiger charge is -2.28. The molecule has 2 aliphatic rings. The third kappa shape index (κ3) is 2.44. The molecule has 126 valence electrons.